The number of methoxy groups -OCH3 is 1. The van der Waals surface area contributed by atoms with E-state index in [1.807, 2.05) is 51.1 Å². The lowest BCUT2D eigenvalue weighted by atomic mass is 10.1. The number of pyridine rings is 1. The van der Waals surface area contributed by atoms with Gasteiger partial charge in [0.25, 0.3) is 0 Å². The maximum atomic E-state index is 14.0. The van der Waals surface area contributed by atoms with Crippen molar-refractivity contribution in [1.29, 1.82) is 0 Å². The minimum Gasteiger partial charge on any atom is -0.494 e. The lowest BCUT2D eigenvalue weighted by Crippen LogP contribution is -2.31. The fraction of sp³-hybridized carbons (Fsp3) is 0.455. The van der Waals surface area contributed by atoms with Gasteiger partial charge in [0.1, 0.15) is 29.7 Å². The molecule has 0 unspecified atom stereocenters. The second-order valence-corrected chi connectivity index (χ2v) is 10.4. The van der Waals surface area contributed by atoms with Gasteiger partial charge in [-0.05, 0) is 55.3 Å². The number of halogens is 1. The van der Waals surface area contributed by atoms with E-state index < -0.39 is 5.82 Å². The Hall–Kier alpha value is -3.69. The van der Waals surface area contributed by atoms with Gasteiger partial charge in [0.05, 0.1) is 26.2 Å². The van der Waals surface area contributed by atoms with Gasteiger partial charge in [-0.1, -0.05) is 26.8 Å². The third kappa shape index (κ3) is 10.9. The summed E-state index contributed by atoms with van der Waals surface area (Å²) in [5, 5.41) is 2.84. The van der Waals surface area contributed by atoms with Crippen LogP contribution >= 0.6 is 0 Å². The molecule has 42 heavy (non-hydrogen) atoms. The highest BCUT2D eigenvalue weighted by atomic mass is 19.1. The molecule has 3 rings (SSSR count). The summed E-state index contributed by atoms with van der Waals surface area (Å²) in [5.74, 6) is 1.62. The van der Waals surface area contributed by atoms with Crippen molar-refractivity contribution in [1.82, 2.24) is 15.2 Å². The van der Waals surface area contributed by atoms with E-state index in [9.17, 15) is 9.18 Å². The molecule has 8 nitrogen and oxygen atoms in total. The molecule has 0 aliphatic rings. The van der Waals surface area contributed by atoms with Gasteiger partial charge in [0.2, 0.25) is 5.91 Å². The van der Waals surface area contributed by atoms with Crippen LogP contribution in [-0.2, 0) is 22.5 Å². The molecule has 3 aromatic rings. The van der Waals surface area contributed by atoms with Crippen molar-refractivity contribution in [3.63, 3.8) is 0 Å². The number of rotatable bonds is 18. The van der Waals surface area contributed by atoms with Crippen LogP contribution < -0.4 is 19.5 Å². The molecule has 1 heterocycles. The van der Waals surface area contributed by atoms with Crippen molar-refractivity contribution in [2.45, 2.75) is 40.7 Å². The van der Waals surface area contributed by atoms with Gasteiger partial charge in [-0.2, -0.15) is 0 Å². The molecule has 0 atom stereocenters. The largest absolute Gasteiger partial charge is 0.494 e. The number of hydrogen-bond acceptors (Lipinski definition) is 7. The molecule has 0 saturated heterocycles. The predicted octanol–water partition coefficient (Wildman–Crippen LogP) is 5.53. The normalized spacial score (nSPS) is 11.1. The molecule has 0 aliphatic heterocycles. The van der Waals surface area contributed by atoms with Crippen LogP contribution in [0.25, 0.3) is 11.1 Å². The molecule has 0 fully saturated rings. The SMILES string of the molecule is CCOc1ccc(-c2ccc(CC(=O)NCc3cc(F)cc(OCC(C)C)c3)nc2)c(OCCN(CC)CCOC)c1. The summed E-state index contributed by atoms with van der Waals surface area (Å²) in [6, 6.07) is 14.0. The van der Waals surface area contributed by atoms with Crippen molar-refractivity contribution < 1.29 is 28.1 Å². The first kappa shape index (κ1) is 32.8. The number of likely N-dealkylation sites (N-methyl/N-ethyl adjacent to an activating group) is 1. The summed E-state index contributed by atoms with van der Waals surface area (Å²) in [6.07, 6.45) is 1.85. The molecule has 9 heteroatoms. The third-order valence-corrected chi connectivity index (χ3v) is 6.47. The van der Waals surface area contributed by atoms with Gasteiger partial charge in [0.15, 0.2) is 0 Å². The molecule has 0 saturated carbocycles. The Morgan fingerprint density at radius 3 is 2.48 bits per heavy atom. The van der Waals surface area contributed by atoms with E-state index in [1.54, 1.807) is 19.4 Å². The highest BCUT2D eigenvalue weighted by molar-refractivity contribution is 5.78. The standard InChI is InChI=1S/C33H44FN3O5/c1-6-37(12-14-39-5)13-15-41-32-20-29(40-7-2)10-11-31(32)26-8-9-28(35-22-26)19-33(38)36-21-25-16-27(34)18-30(17-25)42-23-24(3)4/h8-11,16-18,20,22,24H,6-7,12-15,19,21,23H2,1-5H3,(H,36,38). The number of ether oxygens (including phenoxy) is 4. The molecule has 0 radical (unpaired) electrons. The number of nitrogens with one attached hydrogen (secondary N) is 1. The van der Waals surface area contributed by atoms with Crippen LogP contribution in [0.5, 0.6) is 17.2 Å². The Bertz CT molecular complexity index is 1250. The van der Waals surface area contributed by atoms with Crippen LogP contribution in [0.3, 0.4) is 0 Å². The quantitative estimate of drug-likeness (QED) is 0.212. The van der Waals surface area contributed by atoms with Gasteiger partial charge >= 0.3 is 0 Å². The van der Waals surface area contributed by atoms with Crippen molar-refractivity contribution in [3.8, 4) is 28.4 Å². The van der Waals surface area contributed by atoms with Crippen LogP contribution in [0.1, 0.15) is 39.0 Å². The van der Waals surface area contributed by atoms with Crippen LogP contribution in [0, 0.1) is 11.7 Å². The van der Waals surface area contributed by atoms with Gasteiger partial charge in [-0.25, -0.2) is 4.39 Å². The molecule has 0 bridgehead atoms. The molecule has 1 amide bonds. The lowest BCUT2D eigenvalue weighted by molar-refractivity contribution is -0.120. The molecule has 2 aromatic carbocycles. The minimum atomic E-state index is -0.399. The van der Waals surface area contributed by atoms with E-state index in [4.69, 9.17) is 18.9 Å². The number of hydrogen-bond donors (Lipinski definition) is 1. The Morgan fingerprint density at radius 2 is 1.79 bits per heavy atom. The van der Waals surface area contributed by atoms with Crippen molar-refractivity contribution in [2.24, 2.45) is 5.92 Å². The van der Waals surface area contributed by atoms with Crippen molar-refractivity contribution in [3.05, 3.63) is 71.8 Å². The monoisotopic (exact) mass is 581 g/mol. The van der Waals surface area contributed by atoms with E-state index in [-0.39, 0.29) is 18.9 Å². The van der Waals surface area contributed by atoms with Crippen molar-refractivity contribution in [2.75, 3.05) is 53.2 Å². The molecule has 0 aliphatic carbocycles. The number of carbonyl (C=O) groups excluding carboxylic acids is 1. The van der Waals surface area contributed by atoms with E-state index in [0.29, 0.717) is 55.1 Å². The molecular formula is C33H44FN3O5. The summed E-state index contributed by atoms with van der Waals surface area (Å²) in [5.41, 5.74) is 3.02. The number of nitrogens with zero attached hydrogens (tertiary/aromatic N) is 2. The third-order valence-electron chi connectivity index (χ3n) is 6.47. The zero-order valence-electron chi connectivity index (χ0n) is 25.5. The highest BCUT2D eigenvalue weighted by Gasteiger charge is 2.12. The first-order valence-corrected chi connectivity index (χ1v) is 14.6. The first-order valence-electron chi connectivity index (χ1n) is 14.6. The summed E-state index contributed by atoms with van der Waals surface area (Å²) >= 11 is 0. The van der Waals surface area contributed by atoms with Gasteiger partial charge in [-0.3, -0.25) is 14.7 Å². The van der Waals surface area contributed by atoms with E-state index in [0.717, 1.165) is 36.5 Å². The number of aromatic nitrogens is 1. The Morgan fingerprint density at radius 1 is 0.976 bits per heavy atom. The molecule has 0 spiro atoms. The maximum Gasteiger partial charge on any atom is 0.226 e. The van der Waals surface area contributed by atoms with Gasteiger partial charge in [-0.15, -0.1) is 0 Å². The molecule has 1 N–H and O–H groups in total. The van der Waals surface area contributed by atoms with Crippen LogP contribution in [0.15, 0.2) is 54.7 Å². The van der Waals surface area contributed by atoms with Crippen LogP contribution in [0.2, 0.25) is 0 Å². The summed E-state index contributed by atoms with van der Waals surface area (Å²) in [7, 11) is 1.70. The number of amides is 1. The maximum absolute atomic E-state index is 14.0. The van der Waals surface area contributed by atoms with Gasteiger partial charge < -0.3 is 24.3 Å². The van der Waals surface area contributed by atoms with Crippen LogP contribution in [-0.4, -0.2) is 69.0 Å². The fourth-order valence-corrected chi connectivity index (χ4v) is 4.24. The zero-order chi connectivity index (χ0) is 30.3. The van der Waals surface area contributed by atoms with E-state index in [2.05, 4.69) is 22.1 Å². The zero-order valence-corrected chi connectivity index (χ0v) is 25.5. The second kappa shape index (κ2) is 17.3. The minimum absolute atomic E-state index is 0.104. The predicted molar refractivity (Wildman–Crippen MR) is 163 cm³/mol. The molecular weight excluding hydrogens is 537 g/mol. The average Bonchev–Trinajstić information content (AvgIpc) is 2.97. The molecule has 1 aromatic heterocycles. The van der Waals surface area contributed by atoms with Gasteiger partial charge in [0, 0.05) is 61.9 Å². The topological polar surface area (TPSA) is 82.2 Å². The van der Waals surface area contributed by atoms with Crippen molar-refractivity contribution >= 4 is 5.91 Å². The first-order chi connectivity index (χ1) is 20.3. The highest BCUT2D eigenvalue weighted by Crippen LogP contribution is 2.33. The summed E-state index contributed by atoms with van der Waals surface area (Å²) in [4.78, 5) is 19.4. The number of carbonyl (C=O) groups is 1. The second-order valence-electron chi connectivity index (χ2n) is 10.4. The Kier molecular flexibility index (Phi) is 13.5. The Balaban J connectivity index is 1.62. The van der Waals surface area contributed by atoms with Crippen LogP contribution in [0.4, 0.5) is 4.39 Å². The smallest absolute Gasteiger partial charge is 0.226 e. The fourth-order valence-electron chi connectivity index (χ4n) is 4.24. The summed E-state index contributed by atoms with van der Waals surface area (Å²) < 4.78 is 36.8. The van der Waals surface area contributed by atoms with E-state index in [1.165, 1.54) is 12.1 Å². The lowest BCUT2D eigenvalue weighted by Gasteiger charge is -2.21. The molecule has 228 valence electrons. The average molecular weight is 582 g/mol. The summed E-state index contributed by atoms with van der Waals surface area (Å²) in [6.45, 7) is 13.1. The number of benzene rings is 2. The van der Waals surface area contributed by atoms with E-state index >= 15 is 0 Å². The Labute approximate surface area is 249 Å².